The predicted molar refractivity (Wildman–Crippen MR) is 127 cm³/mol. The normalized spacial score (nSPS) is 11.2. The van der Waals surface area contributed by atoms with Crippen LogP contribution in [-0.2, 0) is 10.5 Å². The molecule has 0 aliphatic heterocycles. The predicted octanol–water partition coefficient (Wildman–Crippen LogP) is 5.02. The van der Waals surface area contributed by atoms with Crippen molar-refractivity contribution in [1.29, 1.82) is 0 Å². The Morgan fingerprint density at radius 3 is 2.68 bits per heavy atom. The zero-order valence-electron chi connectivity index (χ0n) is 17.1. The van der Waals surface area contributed by atoms with Crippen molar-refractivity contribution in [3.63, 3.8) is 0 Å². The molecule has 0 atom stereocenters. The Balaban J connectivity index is 1.58. The van der Waals surface area contributed by atoms with Crippen LogP contribution >= 0.6 is 23.1 Å². The number of thiophene rings is 1. The van der Waals surface area contributed by atoms with Crippen LogP contribution in [0.3, 0.4) is 0 Å². The maximum absolute atomic E-state index is 13.7. The molecule has 3 rings (SSSR count). The zero-order chi connectivity index (χ0) is 22.1. The summed E-state index contributed by atoms with van der Waals surface area (Å²) in [5, 5.41) is 7.47. The fourth-order valence-corrected chi connectivity index (χ4v) is 4.29. The highest BCUT2D eigenvalue weighted by Gasteiger charge is 2.15. The average Bonchev–Trinajstić information content (AvgIpc) is 3.27. The molecule has 7 heteroatoms. The summed E-state index contributed by atoms with van der Waals surface area (Å²) in [6.07, 6.45) is 1.67. The molecular weight excluding hydrogens is 431 g/mol. The van der Waals surface area contributed by atoms with Crippen molar-refractivity contribution in [2.24, 2.45) is 0 Å². The van der Waals surface area contributed by atoms with Gasteiger partial charge in [-0.15, -0.1) is 11.3 Å². The van der Waals surface area contributed by atoms with E-state index in [0.717, 1.165) is 10.4 Å². The summed E-state index contributed by atoms with van der Waals surface area (Å²) in [6.45, 7) is 2.31. The summed E-state index contributed by atoms with van der Waals surface area (Å²) in [5.74, 6) is 0.235. The van der Waals surface area contributed by atoms with Gasteiger partial charge in [0.2, 0.25) is 0 Å². The molecule has 4 nitrogen and oxygen atoms in total. The largest absolute Gasteiger partial charge is 0.350 e. The lowest BCUT2D eigenvalue weighted by molar-refractivity contribution is -0.117. The van der Waals surface area contributed by atoms with Crippen LogP contribution in [0.1, 0.15) is 26.4 Å². The van der Waals surface area contributed by atoms with Gasteiger partial charge < -0.3 is 10.6 Å². The van der Waals surface area contributed by atoms with Gasteiger partial charge in [0.05, 0.1) is 0 Å². The number of aryl methyl sites for hydroxylation is 1. The summed E-state index contributed by atoms with van der Waals surface area (Å²) in [5.41, 5.74) is 2.29. The molecule has 0 spiro atoms. The van der Waals surface area contributed by atoms with Crippen LogP contribution in [0, 0.1) is 12.7 Å². The van der Waals surface area contributed by atoms with Crippen molar-refractivity contribution in [3.8, 4) is 0 Å². The number of benzene rings is 2. The van der Waals surface area contributed by atoms with Gasteiger partial charge in [-0.25, -0.2) is 4.39 Å². The van der Waals surface area contributed by atoms with Crippen LogP contribution in [0.4, 0.5) is 4.39 Å². The lowest BCUT2D eigenvalue weighted by atomic mass is 10.1. The van der Waals surface area contributed by atoms with Crippen molar-refractivity contribution in [1.82, 2.24) is 10.6 Å². The lowest BCUT2D eigenvalue weighted by Gasteiger charge is -2.11. The Bertz CT molecular complexity index is 1060. The Kier molecular flexibility index (Phi) is 8.44. The molecule has 0 saturated heterocycles. The minimum Gasteiger partial charge on any atom is -0.350 e. The lowest BCUT2D eigenvalue weighted by Crippen LogP contribution is -2.35. The van der Waals surface area contributed by atoms with Gasteiger partial charge in [-0.3, -0.25) is 9.59 Å². The molecule has 2 amide bonds. The second-order valence-corrected chi connectivity index (χ2v) is 8.88. The zero-order valence-corrected chi connectivity index (χ0v) is 18.7. The van der Waals surface area contributed by atoms with Gasteiger partial charge in [-0.1, -0.05) is 42.0 Å². The SMILES string of the molecule is Cc1cccc(C(=O)N/C(=C\c2cccs2)C(=O)NCCSCc2ccccc2F)c1. The molecular formula is C24H23FN2O2S2. The number of amides is 2. The second-order valence-electron chi connectivity index (χ2n) is 6.80. The number of hydrogen-bond donors (Lipinski definition) is 2. The first-order valence-electron chi connectivity index (χ1n) is 9.75. The second kappa shape index (κ2) is 11.5. The van der Waals surface area contributed by atoms with E-state index in [-0.39, 0.29) is 23.3 Å². The molecule has 31 heavy (non-hydrogen) atoms. The summed E-state index contributed by atoms with van der Waals surface area (Å²) >= 11 is 3.01. The van der Waals surface area contributed by atoms with E-state index in [9.17, 15) is 14.0 Å². The monoisotopic (exact) mass is 454 g/mol. The first-order chi connectivity index (χ1) is 15.0. The third-order valence-electron chi connectivity index (χ3n) is 4.35. The van der Waals surface area contributed by atoms with Crippen molar-refractivity contribution in [2.45, 2.75) is 12.7 Å². The van der Waals surface area contributed by atoms with Crippen LogP contribution in [-0.4, -0.2) is 24.1 Å². The summed E-state index contributed by atoms with van der Waals surface area (Å²) < 4.78 is 13.7. The maximum Gasteiger partial charge on any atom is 0.267 e. The third-order valence-corrected chi connectivity index (χ3v) is 6.18. The summed E-state index contributed by atoms with van der Waals surface area (Å²) in [4.78, 5) is 26.2. The molecule has 1 aromatic heterocycles. The Hall–Kier alpha value is -2.90. The van der Waals surface area contributed by atoms with Crippen LogP contribution in [0.15, 0.2) is 71.7 Å². The van der Waals surface area contributed by atoms with Crippen LogP contribution in [0.25, 0.3) is 6.08 Å². The molecule has 0 saturated carbocycles. The molecule has 1 heterocycles. The van der Waals surface area contributed by atoms with Crippen LogP contribution < -0.4 is 10.6 Å². The van der Waals surface area contributed by atoms with E-state index in [4.69, 9.17) is 0 Å². The number of halogens is 1. The Labute approximate surface area is 189 Å². The molecule has 0 radical (unpaired) electrons. The first kappa shape index (κ1) is 22.8. The highest BCUT2D eigenvalue weighted by atomic mass is 32.2. The van der Waals surface area contributed by atoms with Gasteiger partial charge in [-0.05, 0) is 48.2 Å². The van der Waals surface area contributed by atoms with E-state index < -0.39 is 0 Å². The number of carbonyl (C=O) groups is 2. The molecule has 2 aromatic carbocycles. The first-order valence-corrected chi connectivity index (χ1v) is 11.8. The van der Waals surface area contributed by atoms with Gasteiger partial charge >= 0.3 is 0 Å². The number of carbonyl (C=O) groups excluding carboxylic acids is 2. The van der Waals surface area contributed by atoms with Crippen molar-refractivity contribution >= 4 is 41.0 Å². The molecule has 0 fully saturated rings. The topological polar surface area (TPSA) is 58.2 Å². The van der Waals surface area contributed by atoms with Crippen molar-refractivity contribution in [2.75, 3.05) is 12.3 Å². The average molecular weight is 455 g/mol. The van der Waals surface area contributed by atoms with Gasteiger partial charge in [0.15, 0.2) is 0 Å². The number of nitrogens with one attached hydrogen (secondary N) is 2. The Morgan fingerprint density at radius 1 is 1.10 bits per heavy atom. The highest BCUT2D eigenvalue weighted by molar-refractivity contribution is 7.98. The highest BCUT2D eigenvalue weighted by Crippen LogP contribution is 2.15. The van der Waals surface area contributed by atoms with Crippen molar-refractivity contribution in [3.05, 3.63) is 99.1 Å². The quantitative estimate of drug-likeness (QED) is 0.353. The molecule has 2 N–H and O–H groups in total. The molecule has 3 aromatic rings. The minimum atomic E-state index is -0.360. The van der Waals surface area contributed by atoms with E-state index in [0.29, 0.717) is 29.2 Å². The van der Waals surface area contributed by atoms with Crippen molar-refractivity contribution < 1.29 is 14.0 Å². The van der Waals surface area contributed by atoms with E-state index in [2.05, 4.69) is 10.6 Å². The third kappa shape index (κ3) is 7.08. The maximum atomic E-state index is 13.7. The number of hydrogen-bond acceptors (Lipinski definition) is 4. The number of rotatable bonds is 9. The molecule has 0 unspecified atom stereocenters. The molecule has 0 aliphatic carbocycles. The van der Waals surface area contributed by atoms with E-state index in [1.54, 1.807) is 42.5 Å². The van der Waals surface area contributed by atoms with Gasteiger partial charge in [0, 0.05) is 28.5 Å². The smallest absolute Gasteiger partial charge is 0.267 e. The van der Waals surface area contributed by atoms with E-state index in [1.807, 2.05) is 30.5 Å². The summed E-state index contributed by atoms with van der Waals surface area (Å²) in [6, 6.07) is 17.6. The fraction of sp³-hybridized carbons (Fsp3) is 0.167. The molecule has 0 aliphatic rings. The van der Waals surface area contributed by atoms with Crippen LogP contribution in [0.2, 0.25) is 0 Å². The summed E-state index contributed by atoms with van der Waals surface area (Å²) in [7, 11) is 0. The standard InChI is InChI=1S/C24H23FN2O2S2/c1-17-6-4-8-18(14-17)23(28)27-22(15-20-9-5-12-31-20)24(29)26-11-13-30-16-19-7-2-3-10-21(19)25/h2-10,12,14-15H,11,13,16H2,1H3,(H,26,29)(H,27,28)/b22-15-. The van der Waals surface area contributed by atoms with E-state index in [1.165, 1.54) is 29.2 Å². The molecule has 160 valence electrons. The van der Waals surface area contributed by atoms with Gasteiger partial charge in [0.25, 0.3) is 11.8 Å². The van der Waals surface area contributed by atoms with Crippen LogP contribution in [0.5, 0.6) is 0 Å². The number of thioether (sulfide) groups is 1. The molecule has 0 bridgehead atoms. The van der Waals surface area contributed by atoms with Gasteiger partial charge in [0.1, 0.15) is 11.5 Å². The van der Waals surface area contributed by atoms with Gasteiger partial charge in [-0.2, -0.15) is 11.8 Å². The fourth-order valence-electron chi connectivity index (χ4n) is 2.78. The minimum absolute atomic E-state index is 0.188. The Morgan fingerprint density at radius 2 is 1.94 bits per heavy atom. The van der Waals surface area contributed by atoms with E-state index >= 15 is 0 Å².